The van der Waals surface area contributed by atoms with Gasteiger partial charge in [-0.05, 0) is 42.5 Å². The van der Waals surface area contributed by atoms with Crippen LogP contribution in [0.5, 0.6) is 0 Å². The first-order valence-corrected chi connectivity index (χ1v) is 10.9. The van der Waals surface area contributed by atoms with Crippen LogP contribution in [-0.4, -0.2) is 25.1 Å². The lowest BCUT2D eigenvalue weighted by molar-refractivity contribution is -0.118. The maximum absolute atomic E-state index is 13.3. The van der Waals surface area contributed by atoms with E-state index in [-0.39, 0.29) is 17.2 Å². The molecule has 1 aliphatic heterocycles. The number of aryl methyl sites for hydroxylation is 1. The molecule has 0 fully saturated rings. The van der Waals surface area contributed by atoms with Crippen LogP contribution in [0.4, 0.5) is 5.95 Å². The monoisotopic (exact) mass is 411 g/mol. The van der Waals surface area contributed by atoms with Crippen molar-refractivity contribution in [2.24, 2.45) is 5.41 Å². The number of rotatable bonds is 2. The number of Topliss-reactive ketones (excluding diaryl/α,β-unsaturated/α-hetero) is 1. The highest BCUT2D eigenvalue weighted by atomic mass is 16.1. The molecule has 31 heavy (non-hydrogen) atoms. The lowest BCUT2D eigenvalue weighted by Crippen LogP contribution is -2.36. The third-order valence-electron chi connectivity index (χ3n) is 6.70. The van der Waals surface area contributed by atoms with Crippen LogP contribution in [0.3, 0.4) is 0 Å². The van der Waals surface area contributed by atoms with Gasteiger partial charge in [-0.25, -0.2) is 4.68 Å². The van der Waals surface area contributed by atoms with E-state index in [1.807, 2.05) is 4.68 Å². The molecule has 1 N–H and O–H groups in total. The first-order valence-electron chi connectivity index (χ1n) is 10.9. The summed E-state index contributed by atoms with van der Waals surface area (Å²) in [4.78, 5) is 17.7. The van der Waals surface area contributed by atoms with Gasteiger partial charge in [0, 0.05) is 46.0 Å². The average Bonchev–Trinajstić information content (AvgIpc) is 3.32. The van der Waals surface area contributed by atoms with Gasteiger partial charge in [0.1, 0.15) is 12.4 Å². The van der Waals surface area contributed by atoms with Gasteiger partial charge in [-0.2, -0.15) is 10.1 Å². The number of ketones is 1. The fraction of sp³-hybridized carbons (Fsp3) is 0.320. The standard InChI is InChI=1S/C25H25N5O/c1-4-29-19-8-6-5-7-16(19)17-11-15(9-10-20(17)29)23-22-18(12-25(2,3)13-21(22)31)28-24-26-14-27-30(23)24/h5-11,14,23H,4,12-13H2,1-3H3,(H,26,27,28). The van der Waals surface area contributed by atoms with E-state index in [9.17, 15) is 4.79 Å². The van der Waals surface area contributed by atoms with E-state index in [0.29, 0.717) is 12.4 Å². The van der Waals surface area contributed by atoms with E-state index in [2.05, 4.69) is 83.2 Å². The minimum atomic E-state index is -0.259. The van der Waals surface area contributed by atoms with E-state index < -0.39 is 0 Å². The Hall–Kier alpha value is -3.41. The van der Waals surface area contributed by atoms with Crippen molar-refractivity contribution in [3.05, 3.63) is 65.6 Å². The van der Waals surface area contributed by atoms with Gasteiger partial charge < -0.3 is 9.88 Å². The maximum atomic E-state index is 13.3. The van der Waals surface area contributed by atoms with Gasteiger partial charge in [0.25, 0.3) is 0 Å². The molecular formula is C25H25N5O. The number of nitrogens with zero attached hydrogens (tertiary/aromatic N) is 4. The smallest absolute Gasteiger partial charge is 0.226 e. The summed E-state index contributed by atoms with van der Waals surface area (Å²) in [5.41, 5.74) is 5.28. The normalized spacial score (nSPS) is 20.1. The minimum absolute atomic E-state index is 0.0613. The summed E-state index contributed by atoms with van der Waals surface area (Å²) in [5, 5.41) is 10.3. The largest absolute Gasteiger partial charge is 0.341 e. The summed E-state index contributed by atoms with van der Waals surface area (Å²) in [6.07, 6.45) is 2.94. The molecule has 2 aromatic heterocycles. The van der Waals surface area contributed by atoms with Crippen LogP contribution in [0.2, 0.25) is 0 Å². The van der Waals surface area contributed by atoms with Crippen LogP contribution in [0.25, 0.3) is 21.8 Å². The predicted molar refractivity (Wildman–Crippen MR) is 122 cm³/mol. The Labute approximate surface area is 180 Å². The molecule has 0 bridgehead atoms. The number of nitrogens with one attached hydrogen (secondary N) is 1. The third kappa shape index (κ3) is 2.60. The van der Waals surface area contributed by atoms with Crippen molar-refractivity contribution < 1.29 is 4.79 Å². The Morgan fingerprint density at radius 3 is 2.74 bits per heavy atom. The van der Waals surface area contributed by atoms with E-state index in [1.165, 1.54) is 21.8 Å². The molecule has 0 radical (unpaired) electrons. The van der Waals surface area contributed by atoms with E-state index in [0.717, 1.165) is 29.8 Å². The number of carbonyl (C=O) groups excluding carboxylic acids is 1. The summed E-state index contributed by atoms with van der Waals surface area (Å²) in [7, 11) is 0. The summed E-state index contributed by atoms with van der Waals surface area (Å²) in [6.45, 7) is 7.38. The molecule has 6 rings (SSSR count). The van der Waals surface area contributed by atoms with Crippen molar-refractivity contribution in [3.8, 4) is 0 Å². The zero-order valence-electron chi connectivity index (χ0n) is 18.0. The number of benzene rings is 2. The second kappa shape index (κ2) is 6.30. The number of para-hydroxylation sites is 1. The van der Waals surface area contributed by atoms with Gasteiger partial charge in [-0.3, -0.25) is 4.79 Å². The Morgan fingerprint density at radius 2 is 1.90 bits per heavy atom. The summed E-state index contributed by atoms with van der Waals surface area (Å²) < 4.78 is 4.20. The highest BCUT2D eigenvalue weighted by Gasteiger charge is 2.41. The van der Waals surface area contributed by atoms with Crippen LogP contribution in [0, 0.1) is 5.41 Å². The Kier molecular flexibility index (Phi) is 3.73. The molecule has 1 unspecified atom stereocenters. The summed E-state index contributed by atoms with van der Waals surface area (Å²) in [5.74, 6) is 0.895. The molecule has 6 heteroatoms. The molecule has 1 atom stereocenters. The van der Waals surface area contributed by atoms with Crippen molar-refractivity contribution in [1.29, 1.82) is 0 Å². The molecule has 2 aromatic carbocycles. The molecule has 0 amide bonds. The predicted octanol–water partition coefficient (Wildman–Crippen LogP) is 5.06. The van der Waals surface area contributed by atoms with Crippen LogP contribution in [0.1, 0.15) is 45.2 Å². The fourth-order valence-corrected chi connectivity index (χ4v) is 5.44. The maximum Gasteiger partial charge on any atom is 0.226 e. The highest BCUT2D eigenvalue weighted by molar-refractivity contribution is 6.08. The molecule has 4 aromatic rings. The quantitative estimate of drug-likeness (QED) is 0.500. The van der Waals surface area contributed by atoms with E-state index in [1.54, 1.807) is 6.33 Å². The van der Waals surface area contributed by atoms with Crippen molar-refractivity contribution in [2.45, 2.75) is 46.2 Å². The van der Waals surface area contributed by atoms with Crippen LogP contribution >= 0.6 is 0 Å². The Bertz CT molecular complexity index is 1400. The second-order valence-corrected chi connectivity index (χ2v) is 9.43. The topological polar surface area (TPSA) is 64.7 Å². The lowest BCUT2D eigenvalue weighted by atomic mass is 9.73. The second-order valence-electron chi connectivity index (χ2n) is 9.43. The van der Waals surface area contributed by atoms with Gasteiger partial charge in [0.2, 0.25) is 5.95 Å². The van der Waals surface area contributed by atoms with E-state index >= 15 is 0 Å². The minimum Gasteiger partial charge on any atom is -0.341 e. The van der Waals surface area contributed by atoms with Gasteiger partial charge in [0.05, 0.1) is 0 Å². The molecule has 0 saturated heterocycles. The first kappa shape index (κ1) is 18.4. The van der Waals surface area contributed by atoms with Crippen molar-refractivity contribution in [3.63, 3.8) is 0 Å². The number of fused-ring (bicyclic) bond motifs is 4. The van der Waals surface area contributed by atoms with Gasteiger partial charge in [0.15, 0.2) is 5.78 Å². The number of allylic oxidation sites excluding steroid dienone is 2. The van der Waals surface area contributed by atoms with Crippen LogP contribution in [0.15, 0.2) is 60.1 Å². The highest BCUT2D eigenvalue weighted by Crippen LogP contribution is 2.45. The third-order valence-corrected chi connectivity index (χ3v) is 6.70. The van der Waals surface area contributed by atoms with Crippen molar-refractivity contribution in [1.82, 2.24) is 19.3 Å². The van der Waals surface area contributed by atoms with Gasteiger partial charge >= 0.3 is 0 Å². The van der Waals surface area contributed by atoms with Gasteiger partial charge in [-0.15, -0.1) is 0 Å². The number of hydrogen-bond donors (Lipinski definition) is 1. The molecule has 0 saturated carbocycles. The fourth-order valence-electron chi connectivity index (χ4n) is 5.44. The average molecular weight is 412 g/mol. The Balaban J connectivity index is 1.60. The number of aromatic nitrogens is 4. The molecule has 0 spiro atoms. The Morgan fingerprint density at radius 1 is 1.10 bits per heavy atom. The summed E-state index contributed by atoms with van der Waals surface area (Å²) in [6, 6.07) is 14.8. The van der Waals surface area contributed by atoms with Gasteiger partial charge in [-0.1, -0.05) is 38.1 Å². The zero-order valence-corrected chi connectivity index (χ0v) is 18.0. The molecule has 3 heterocycles. The molecule has 2 aliphatic rings. The SMILES string of the molecule is CCn1c2ccccc2c2cc(C3C4=C(CC(C)(C)CC4=O)Nc4ncnn43)ccc21. The van der Waals surface area contributed by atoms with Crippen LogP contribution < -0.4 is 5.32 Å². The summed E-state index contributed by atoms with van der Waals surface area (Å²) >= 11 is 0. The van der Waals surface area contributed by atoms with Crippen molar-refractivity contribution in [2.75, 3.05) is 5.32 Å². The van der Waals surface area contributed by atoms with Crippen LogP contribution in [-0.2, 0) is 11.3 Å². The first-order chi connectivity index (χ1) is 15.0. The zero-order chi connectivity index (χ0) is 21.3. The number of carbonyl (C=O) groups is 1. The molecule has 156 valence electrons. The number of hydrogen-bond acceptors (Lipinski definition) is 4. The van der Waals surface area contributed by atoms with Crippen molar-refractivity contribution >= 4 is 33.5 Å². The lowest BCUT2D eigenvalue weighted by Gasteiger charge is -2.38. The number of anilines is 1. The molecule has 6 nitrogen and oxygen atoms in total. The van der Waals surface area contributed by atoms with E-state index in [4.69, 9.17) is 0 Å². The molecular weight excluding hydrogens is 386 g/mol. The molecule has 1 aliphatic carbocycles.